The highest BCUT2D eigenvalue weighted by Gasteiger charge is 2.18. The Morgan fingerprint density at radius 2 is 1.62 bits per heavy atom. The standard InChI is InChI=1S/C22H26N4O3/c1-23-21(28)16-8-10-18(11-9-16)24-15-20(27)25-19-7-5-6-17(14-19)22(29)26-12-3-2-4-13-26/h5-11,14,24H,2-4,12-13,15H2,1H3,(H,23,28)(H,25,27). The first-order valence-electron chi connectivity index (χ1n) is 9.82. The van der Waals surface area contributed by atoms with E-state index in [0.717, 1.165) is 31.6 Å². The average Bonchev–Trinajstić information content (AvgIpc) is 2.77. The fourth-order valence-electron chi connectivity index (χ4n) is 3.28. The molecule has 0 saturated carbocycles. The Bertz CT molecular complexity index is 874. The van der Waals surface area contributed by atoms with Gasteiger partial charge in [0, 0.05) is 42.6 Å². The number of hydrogen-bond acceptors (Lipinski definition) is 4. The summed E-state index contributed by atoms with van der Waals surface area (Å²) in [6.07, 6.45) is 3.25. The average molecular weight is 394 g/mol. The molecule has 1 aliphatic heterocycles. The van der Waals surface area contributed by atoms with Crippen molar-refractivity contribution >= 4 is 29.1 Å². The second-order valence-corrected chi connectivity index (χ2v) is 6.99. The van der Waals surface area contributed by atoms with E-state index < -0.39 is 0 Å². The van der Waals surface area contributed by atoms with Gasteiger partial charge in [-0.25, -0.2) is 0 Å². The summed E-state index contributed by atoms with van der Waals surface area (Å²) in [5, 5.41) is 8.39. The van der Waals surface area contributed by atoms with Crippen LogP contribution in [0, 0.1) is 0 Å². The van der Waals surface area contributed by atoms with Gasteiger partial charge in [0.1, 0.15) is 0 Å². The van der Waals surface area contributed by atoms with E-state index in [-0.39, 0.29) is 24.3 Å². The van der Waals surface area contributed by atoms with E-state index in [2.05, 4.69) is 16.0 Å². The smallest absolute Gasteiger partial charge is 0.253 e. The number of likely N-dealkylation sites (tertiary alicyclic amines) is 1. The molecule has 1 saturated heterocycles. The molecule has 0 spiro atoms. The molecule has 0 aromatic heterocycles. The summed E-state index contributed by atoms with van der Waals surface area (Å²) in [5.41, 5.74) is 2.47. The third kappa shape index (κ3) is 5.57. The largest absolute Gasteiger partial charge is 0.376 e. The van der Waals surface area contributed by atoms with Gasteiger partial charge in [0.05, 0.1) is 6.54 Å². The normalized spacial score (nSPS) is 13.5. The van der Waals surface area contributed by atoms with E-state index in [1.54, 1.807) is 55.6 Å². The Balaban J connectivity index is 1.54. The van der Waals surface area contributed by atoms with Crippen molar-refractivity contribution in [2.45, 2.75) is 19.3 Å². The van der Waals surface area contributed by atoms with Crippen molar-refractivity contribution in [1.82, 2.24) is 10.2 Å². The number of carbonyl (C=O) groups is 3. The minimum Gasteiger partial charge on any atom is -0.376 e. The minimum atomic E-state index is -0.219. The molecular weight excluding hydrogens is 368 g/mol. The molecule has 2 aromatic rings. The number of nitrogens with one attached hydrogen (secondary N) is 3. The fourth-order valence-corrected chi connectivity index (χ4v) is 3.28. The summed E-state index contributed by atoms with van der Waals surface area (Å²) < 4.78 is 0. The summed E-state index contributed by atoms with van der Waals surface area (Å²) in [5.74, 6) is -0.369. The van der Waals surface area contributed by atoms with Gasteiger partial charge in [-0.05, 0) is 61.7 Å². The van der Waals surface area contributed by atoms with Gasteiger partial charge >= 0.3 is 0 Å². The highest BCUT2D eigenvalue weighted by atomic mass is 16.2. The molecule has 0 radical (unpaired) electrons. The van der Waals surface area contributed by atoms with Crippen LogP contribution in [0.4, 0.5) is 11.4 Å². The van der Waals surface area contributed by atoms with Gasteiger partial charge < -0.3 is 20.9 Å². The zero-order valence-electron chi connectivity index (χ0n) is 16.5. The summed E-state index contributed by atoms with van der Waals surface area (Å²) in [6.45, 7) is 1.65. The van der Waals surface area contributed by atoms with E-state index in [1.807, 2.05) is 4.90 Å². The van der Waals surface area contributed by atoms with Crippen LogP contribution in [0.1, 0.15) is 40.0 Å². The van der Waals surface area contributed by atoms with Crippen molar-refractivity contribution in [3.05, 3.63) is 59.7 Å². The third-order valence-electron chi connectivity index (χ3n) is 4.86. The van der Waals surface area contributed by atoms with Crippen LogP contribution >= 0.6 is 0 Å². The number of nitrogens with zero attached hydrogens (tertiary/aromatic N) is 1. The molecule has 2 aromatic carbocycles. The molecule has 3 rings (SSSR count). The zero-order valence-corrected chi connectivity index (χ0v) is 16.5. The number of carbonyl (C=O) groups excluding carboxylic acids is 3. The van der Waals surface area contributed by atoms with Gasteiger partial charge in [0.25, 0.3) is 11.8 Å². The van der Waals surface area contributed by atoms with Crippen molar-refractivity contribution in [1.29, 1.82) is 0 Å². The molecule has 152 valence electrons. The van der Waals surface area contributed by atoms with Crippen LogP contribution in [-0.4, -0.2) is 49.3 Å². The van der Waals surface area contributed by atoms with Gasteiger partial charge in [-0.3, -0.25) is 14.4 Å². The van der Waals surface area contributed by atoms with Crippen LogP contribution in [0.15, 0.2) is 48.5 Å². The molecule has 29 heavy (non-hydrogen) atoms. The highest BCUT2D eigenvalue weighted by Crippen LogP contribution is 2.16. The lowest BCUT2D eigenvalue weighted by atomic mass is 10.1. The SMILES string of the molecule is CNC(=O)c1ccc(NCC(=O)Nc2cccc(C(=O)N3CCCCC3)c2)cc1. The summed E-state index contributed by atoms with van der Waals surface area (Å²) in [7, 11) is 1.58. The van der Waals surface area contributed by atoms with Crippen LogP contribution in [0.3, 0.4) is 0 Å². The predicted octanol–water partition coefficient (Wildman–Crippen LogP) is 2.72. The quantitative estimate of drug-likeness (QED) is 0.703. The topological polar surface area (TPSA) is 90.5 Å². The number of anilines is 2. The predicted molar refractivity (Wildman–Crippen MR) is 113 cm³/mol. The van der Waals surface area contributed by atoms with Crippen molar-refractivity contribution in [3.63, 3.8) is 0 Å². The fraction of sp³-hybridized carbons (Fsp3) is 0.318. The lowest BCUT2D eigenvalue weighted by Gasteiger charge is -2.26. The first-order valence-corrected chi connectivity index (χ1v) is 9.82. The molecule has 0 atom stereocenters. The van der Waals surface area contributed by atoms with Gasteiger partial charge in [-0.1, -0.05) is 6.07 Å². The number of rotatable bonds is 6. The third-order valence-corrected chi connectivity index (χ3v) is 4.86. The molecule has 7 nitrogen and oxygen atoms in total. The lowest BCUT2D eigenvalue weighted by Crippen LogP contribution is -2.35. The molecule has 1 aliphatic rings. The molecule has 0 bridgehead atoms. The van der Waals surface area contributed by atoms with Crippen LogP contribution in [0.25, 0.3) is 0 Å². The van der Waals surface area contributed by atoms with Gasteiger partial charge in [0.2, 0.25) is 5.91 Å². The molecule has 1 heterocycles. The Kier molecular flexibility index (Phi) is 6.84. The first-order chi connectivity index (χ1) is 14.1. The summed E-state index contributed by atoms with van der Waals surface area (Å²) >= 11 is 0. The Morgan fingerprint density at radius 1 is 0.897 bits per heavy atom. The van der Waals surface area contributed by atoms with Crippen molar-refractivity contribution in [2.75, 3.05) is 37.3 Å². The summed E-state index contributed by atoms with van der Waals surface area (Å²) in [6, 6.07) is 13.9. The Labute approximate surface area is 170 Å². The van der Waals surface area contributed by atoms with Crippen LogP contribution < -0.4 is 16.0 Å². The van der Waals surface area contributed by atoms with Gasteiger partial charge in [-0.2, -0.15) is 0 Å². The Hall–Kier alpha value is -3.35. The second kappa shape index (κ2) is 9.73. The van der Waals surface area contributed by atoms with Crippen LogP contribution in [0.2, 0.25) is 0 Å². The Morgan fingerprint density at radius 3 is 2.31 bits per heavy atom. The summed E-state index contributed by atoms with van der Waals surface area (Å²) in [4.78, 5) is 38.3. The molecule has 0 aliphatic carbocycles. The van der Waals surface area contributed by atoms with E-state index >= 15 is 0 Å². The second-order valence-electron chi connectivity index (χ2n) is 6.99. The maximum atomic E-state index is 12.6. The zero-order chi connectivity index (χ0) is 20.6. The lowest BCUT2D eigenvalue weighted by molar-refractivity contribution is -0.114. The molecular formula is C22H26N4O3. The van der Waals surface area contributed by atoms with Gasteiger partial charge in [-0.15, -0.1) is 0 Å². The number of amides is 3. The van der Waals surface area contributed by atoms with Crippen molar-refractivity contribution in [3.8, 4) is 0 Å². The maximum Gasteiger partial charge on any atom is 0.253 e. The molecule has 3 N–H and O–H groups in total. The van der Waals surface area contributed by atoms with Crippen molar-refractivity contribution < 1.29 is 14.4 Å². The highest BCUT2D eigenvalue weighted by molar-refractivity contribution is 5.98. The van der Waals surface area contributed by atoms with E-state index in [9.17, 15) is 14.4 Å². The maximum absolute atomic E-state index is 12.6. The van der Waals surface area contributed by atoms with E-state index in [0.29, 0.717) is 16.8 Å². The van der Waals surface area contributed by atoms with Crippen LogP contribution in [0.5, 0.6) is 0 Å². The monoisotopic (exact) mass is 394 g/mol. The van der Waals surface area contributed by atoms with Gasteiger partial charge in [0.15, 0.2) is 0 Å². The first kappa shape index (κ1) is 20.4. The van der Waals surface area contributed by atoms with Crippen LogP contribution in [-0.2, 0) is 4.79 Å². The molecule has 7 heteroatoms. The number of benzene rings is 2. The number of hydrogen-bond donors (Lipinski definition) is 3. The number of piperidine rings is 1. The van der Waals surface area contributed by atoms with Crippen molar-refractivity contribution in [2.24, 2.45) is 0 Å². The van der Waals surface area contributed by atoms with E-state index in [4.69, 9.17) is 0 Å². The van der Waals surface area contributed by atoms with E-state index in [1.165, 1.54) is 6.42 Å². The minimum absolute atomic E-state index is 0.00938. The molecule has 3 amide bonds. The molecule has 1 fully saturated rings. The molecule has 0 unspecified atom stereocenters.